The second-order valence-corrected chi connectivity index (χ2v) is 20.0. The van der Waals surface area contributed by atoms with Crippen molar-refractivity contribution in [3.05, 3.63) is 149 Å². The van der Waals surface area contributed by atoms with Crippen LogP contribution in [0.3, 0.4) is 0 Å². The van der Waals surface area contributed by atoms with Gasteiger partial charge in [-0.05, 0) is 34.4 Å². The number of fused-ring (bicyclic) bond motifs is 1. The number of aliphatic hydroxyl groups is 1. The first-order valence-corrected chi connectivity index (χ1v) is 19.7. The maximum Gasteiger partial charge on any atom is 0.407 e. The maximum absolute atomic E-state index is 12.2. The molecule has 0 spiro atoms. The number of ether oxygens (including phenoxy) is 4. The number of hydrogen-bond donors (Lipinski definition) is 2. The van der Waals surface area contributed by atoms with Crippen molar-refractivity contribution in [2.24, 2.45) is 0 Å². The molecule has 0 aliphatic carbocycles. The number of aliphatic hydroxyl groups excluding tert-OH is 1. The molecule has 2 atom stereocenters. The lowest BCUT2D eigenvalue weighted by Gasteiger charge is -2.45. The van der Waals surface area contributed by atoms with E-state index in [4.69, 9.17) is 23.4 Å². The fraction of sp³-hybridized carbons (Fsp3) is 0.318. The quantitative estimate of drug-likeness (QED) is 0.124. The summed E-state index contributed by atoms with van der Waals surface area (Å²) < 4.78 is 32.3. The highest BCUT2D eigenvalue weighted by Crippen LogP contribution is 2.51. The van der Waals surface area contributed by atoms with Crippen molar-refractivity contribution in [2.75, 3.05) is 0 Å². The molecule has 5 aromatic carbocycles. The predicted molar refractivity (Wildman–Crippen MR) is 206 cm³/mol. The van der Waals surface area contributed by atoms with Crippen LogP contribution in [0, 0.1) is 0 Å². The third-order valence-electron chi connectivity index (χ3n) is 9.47. The summed E-state index contributed by atoms with van der Waals surface area (Å²) in [4.78, 5) is 12.2. The Kier molecular flexibility index (Phi) is 11.0. The van der Waals surface area contributed by atoms with E-state index in [9.17, 15) is 9.90 Å². The molecule has 8 heteroatoms. The molecule has 0 bridgehead atoms. The summed E-state index contributed by atoms with van der Waals surface area (Å²) in [6.07, 6.45) is -1.29. The van der Waals surface area contributed by atoms with Gasteiger partial charge in [-0.25, -0.2) is 0 Å². The van der Waals surface area contributed by atoms with E-state index >= 15 is 0 Å². The van der Waals surface area contributed by atoms with Crippen LogP contribution in [0.15, 0.2) is 121 Å². The van der Waals surface area contributed by atoms with Gasteiger partial charge in [0.05, 0.1) is 6.10 Å². The second-order valence-electron chi connectivity index (χ2n) is 15.5. The van der Waals surface area contributed by atoms with Crippen molar-refractivity contribution >= 4 is 8.56 Å². The molecule has 0 saturated carbocycles. The Morgan fingerprint density at radius 3 is 1.63 bits per heavy atom. The number of rotatable bonds is 12. The van der Waals surface area contributed by atoms with Crippen LogP contribution in [0.4, 0.5) is 0 Å². The lowest BCUT2D eigenvalue weighted by Crippen LogP contribution is -2.57. The second kappa shape index (κ2) is 15.5. The van der Waals surface area contributed by atoms with Crippen LogP contribution in [0.5, 0.6) is 28.7 Å². The zero-order valence-electron chi connectivity index (χ0n) is 31.0. The fourth-order valence-electron chi connectivity index (χ4n) is 6.64. The van der Waals surface area contributed by atoms with Gasteiger partial charge in [-0.3, -0.25) is 0 Å². The van der Waals surface area contributed by atoms with Crippen molar-refractivity contribution in [2.45, 2.75) is 90.1 Å². The molecular formula is C44H50O7Si. The minimum absolute atomic E-state index is 0.298. The molecule has 1 heterocycles. The Labute approximate surface area is 309 Å². The van der Waals surface area contributed by atoms with Crippen molar-refractivity contribution in [1.29, 1.82) is 0 Å². The normalized spacial score (nSPS) is 16.0. The first kappa shape index (κ1) is 37.0. The van der Waals surface area contributed by atoms with E-state index in [0.717, 1.165) is 22.3 Å². The molecule has 1 aliphatic heterocycles. The van der Waals surface area contributed by atoms with Gasteiger partial charge >= 0.3 is 8.56 Å². The highest BCUT2D eigenvalue weighted by molar-refractivity contribution is 6.72. The van der Waals surface area contributed by atoms with Crippen molar-refractivity contribution in [3.8, 4) is 28.7 Å². The highest BCUT2D eigenvalue weighted by Gasteiger charge is 2.58. The summed E-state index contributed by atoms with van der Waals surface area (Å²) in [6, 6.07) is 39.2. The monoisotopic (exact) mass is 718 g/mol. The predicted octanol–water partition coefficient (Wildman–Crippen LogP) is 9.87. The van der Waals surface area contributed by atoms with Crippen LogP contribution < -0.4 is 23.4 Å². The van der Waals surface area contributed by atoms with Gasteiger partial charge in [-0.15, -0.1) is 0 Å². The van der Waals surface area contributed by atoms with E-state index in [-0.39, 0.29) is 0 Å². The van der Waals surface area contributed by atoms with Crippen molar-refractivity contribution in [1.82, 2.24) is 0 Å². The summed E-state index contributed by atoms with van der Waals surface area (Å²) in [7, 11) is -3.42. The first-order valence-electron chi connectivity index (χ1n) is 17.9. The van der Waals surface area contributed by atoms with Gasteiger partial charge in [0.15, 0.2) is 5.75 Å². The molecule has 7 nitrogen and oxygen atoms in total. The molecule has 5 aromatic rings. The van der Waals surface area contributed by atoms with E-state index in [1.54, 1.807) is 0 Å². The first-order chi connectivity index (χ1) is 24.8. The van der Waals surface area contributed by atoms with Gasteiger partial charge in [-0.2, -0.15) is 0 Å². The van der Waals surface area contributed by atoms with E-state index < -0.39 is 30.8 Å². The standard InChI is InChI=1S/C44H50O7Si/c1-43(2,3)52(46,44(4,5)6)51-38-23-22-34(24-41(38)49-30-33-20-14-9-15-21-33)42-37(45)27-36-39(48-29-32-18-12-8-13-19-32)25-35(26-40(36)50-42)47-28-31-16-10-7-11-17-31/h7-26,37,42,45-46H,27-30H2,1-6H3/t37-,42+/m0/s1. The molecule has 0 amide bonds. The maximum atomic E-state index is 12.2. The van der Waals surface area contributed by atoms with E-state index in [1.807, 2.05) is 163 Å². The van der Waals surface area contributed by atoms with Gasteiger partial charge in [0.2, 0.25) is 0 Å². The molecule has 0 fully saturated rings. The average Bonchev–Trinajstić information content (AvgIpc) is 3.13. The summed E-state index contributed by atoms with van der Waals surface area (Å²) in [6.45, 7) is 13.1. The Morgan fingerprint density at radius 2 is 1.12 bits per heavy atom. The fourth-order valence-corrected chi connectivity index (χ4v) is 9.99. The van der Waals surface area contributed by atoms with Gasteiger partial charge in [0, 0.05) is 34.2 Å². The molecule has 0 radical (unpaired) electrons. The number of benzene rings is 5. The molecule has 0 unspecified atom stereocenters. The lowest BCUT2D eigenvalue weighted by molar-refractivity contribution is 0.0192. The smallest absolute Gasteiger partial charge is 0.407 e. The van der Waals surface area contributed by atoms with E-state index in [0.29, 0.717) is 60.6 Å². The minimum Gasteiger partial charge on any atom is -0.517 e. The van der Waals surface area contributed by atoms with E-state index in [1.165, 1.54) is 0 Å². The summed E-state index contributed by atoms with van der Waals surface area (Å²) in [5, 5.41) is 10.7. The number of hydrogen-bond acceptors (Lipinski definition) is 7. The third-order valence-corrected chi connectivity index (χ3v) is 14.0. The summed E-state index contributed by atoms with van der Waals surface area (Å²) >= 11 is 0. The van der Waals surface area contributed by atoms with Crippen LogP contribution in [0.1, 0.15) is 75.5 Å². The molecule has 0 saturated heterocycles. The Hall–Kier alpha value is -4.76. The van der Waals surface area contributed by atoms with Crippen molar-refractivity contribution in [3.63, 3.8) is 0 Å². The van der Waals surface area contributed by atoms with Gasteiger partial charge < -0.3 is 33.3 Å². The Morgan fingerprint density at radius 1 is 0.615 bits per heavy atom. The minimum atomic E-state index is -3.42. The molecule has 52 heavy (non-hydrogen) atoms. The molecular weight excluding hydrogens is 669 g/mol. The van der Waals surface area contributed by atoms with Crippen LogP contribution in [-0.4, -0.2) is 24.6 Å². The topological polar surface area (TPSA) is 86.6 Å². The highest BCUT2D eigenvalue weighted by atomic mass is 28.4. The molecule has 6 rings (SSSR count). The van der Waals surface area contributed by atoms with Gasteiger partial charge in [0.1, 0.15) is 48.9 Å². The molecule has 272 valence electrons. The average molecular weight is 719 g/mol. The SMILES string of the molecule is CC(C)(C)[Si](O)(Oc1ccc([C@H]2Oc3cc(OCc4ccccc4)cc(OCc4ccccc4)c3C[C@@H]2O)cc1OCc1ccccc1)C(C)(C)C. The largest absolute Gasteiger partial charge is 0.517 e. The lowest BCUT2D eigenvalue weighted by atomic mass is 9.93. The van der Waals surface area contributed by atoms with Crippen LogP contribution >= 0.6 is 0 Å². The van der Waals surface area contributed by atoms with Gasteiger partial charge in [0.25, 0.3) is 0 Å². The zero-order chi connectivity index (χ0) is 36.9. The molecule has 0 aromatic heterocycles. The third kappa shape index (κ3) is 8.47. The molecule has 2 N–H and O–H groups in total. The van der Waals surface area contributed by atoms with Crippen molar-refractivity contribution < 1.29 is 33.3 Å². The van der Waals surface area contributed by atoms with Crippen LogP contribution in [0.2, 0.25) is 10.1 Å². The van der Waals surface area contributed by atoms with Gasteiger partial charge in [-0.1, -0.05) is 139 Å². The zero-order valence-corrected chi connectivity index (χ0v) is 32.0. The van der Waals surface area contributed by atoms with Crippen LogP contribution in [0.25, 0.3) is 0 Å². The molecule has 1 aliphatic rings. The van der Waals surface area contributed by atoms with E-state index in [2.05, 4.69) is 0 Å². The Balaban J connectivity index is 1.33. The Bertz CT molecular complexity index is 1900. The van der Waals surface area contributed by atoms with Crippen LogP contribution in [-0.2, 0) is 26.2 Å². The summed E-state index contributed by atoms with van der Waals surface area (Å²) in [5.74, 6) is 2.71. The summed E-state index contributed by atoms with van der Waals surface area (Å²) in [5.41, 5.74) is 4.55.